The molecule has 0 aromatic heterocycles. The molecule has 0 radical (unpaired) electrons. The fourth-order valence-corrected chi connectivity index (χ4v) is 0. The molecule has 8 heteroatoms. The molecule has 0 rings (SSSR count). The molecule has 0 nitrogen and oxygen atoms in total. The van der Waals surface area contributed by atoms with Crippen LogP contribution in [0.25, 0.3) is 0 Å². The van der Waals surface area contributed by atoms with E-state index in [-0.39, 0.29) is 105 Å². The van der Waals surface area contributed by atoms with Gasteiger partial charge in [-0.15, -0.1) is 0 Å². The summed E-state index contributed by atoms with van der Waals surface area (Å²) in [7, 11) is -4.92. The van der Waals surface area contributed by atoms with Crippen LogP contribution in [0.1, 0.15) is 96.5 Å². The summed E-state index contributed by atoms with van der Waals surface area (Å²) in [5.41, 5.74) is 0. The van der Waals surface area contributed by atoms with Gasteiger partial charge in [0, 0.05) is 62.4 Å². The van der Waals surface area contributed by atoms with Gasteiger partial charge in [-0.05, 0) is 0 Å². The van der Waals surface area contributed by atoms with Gasteiger partial charge in [0.25, 0.3) is 0 Å². The highest BCUT2D eigenvalue weighted by atomic mass is 29.3. The first-order chi connectivity index (χ1) is 13.4. The summed E-state index contributed by atoms with van der Waals surface area (Å²) in [5, 5.41) is 0. The van der Waals surface area contributed by atoms with E-state index in [0.717, 1.165) is 0 Å². The van der Waals surface area contributed by atoms with E-state index in [0.29, 0.717) is 0 Å². The lowest BCUT2D eigenvalue weighted by atomic mass is 11.8. The van der Waals surface area contributed by atoms with Crippen LogP contribution in [-0.2, 0) is 0 Å². The van der Waals surface area contributed by atoms with Crippen molar-refractivity contribution in [3.05, 3.63) is 0 Å². The summed E-state index contributed by atoms with van der Waals surface area (Å²) in [6, 6.07) is 0. The van der Waals surface area contributed by atoms with Crippen LogP contribution in [0.3, 0.4) is 0 Å². The lowest BCUT2D eigenvalue weighted by molar-refractivity contribution is 1.71. The molecule has 0 spiro atoms. The van der Waals surface area contributed by atoms with Crippen LogP contribution in [0.2, 0.25) is 164 Å². The van der Waals surface area contributed by atoms with Crippen molar-refractivity contribution in [3.8, 4) is 0 Å². The monoisotopic (exact) mass is 809 g/mol. The van der Waals surface area contributed by atoms with Crippen molar-refractivity contribution in [3.63, 3.8) is 0 Å². The molecule has 0 bridgehead atoms. The maximum Gasteiger partial charge on any atom is 0.0411 e. The Kier molecular flexibility index (Phi) is 115. The Balaban J connectivity index is -0.0000000126. The summed E-state index contributed by atoms with van der Waals surface area (Å²) in [6.45, 7) is 60.6. The molecule has 0 N–H and O–H groups in total. The minimum Gasteiger partial charge on any atom is -0.0776 e. The predicted molar refractivity (Wildman–Crippen MR) is 282 cm³/mol. The first-order valence-corrected chi connectivity index (χ1v) is 45.1. The first-order valence-electron chi connectivity index (χ1n) is 13.4. The third kappa shape index (κ3) is 138. The molecule has 0 unspecified atom stereocenters. The average molecular weight is 810 g/mol. The van der Waals surface area contributed by atoms with Gasteiger partial charge >= 0.3 is 0 Å². The van der Waals surface area contributed by atoms with Gasteiger partial charge in [-0.25, -0.2) is 0 Å². The second-order valence-electron chi connectivity index (χ2n) is 18.5. The maximum absolute atomic E-state index is 2.47. The van der Waals surface area contributed by atoms with Crippen LogP contribution in [0.5, 0.6) is 0 Å². The van der Waals surface area contributed by atoms with Crippen LogP contribution < -0.4 is 0 Å². The van der Waals surface area contributed by atoms with Crippen LogP contribution >= 0.6 is 0 Å². The highest BCUT2D eigenvalue weighted by Crippen LogP contribution is 2.17. The standard InChI is InChI=1S/2C6H18Si2.C5H16Si2.2C4H12Si.13CH4/c2*1-7(2,3)8(4,5)6;1-6(2)7(3,4)5;2*1-5(2,3)4;;;;;;;;;;;;;/h2*1-6H3;6H,1-5H3;2*1-4H3;13*1H4. The molecule has 0 aliphatic heterocycles. The molecular formula is C38H128Si8. The molecule has 0 aromatic carbocycles. The summed E-state index contributed by atoms with van der Waals surface area (Å²) < 4.78 is 0. The highest BCUT2D eigenvalue weighted by Gasteiger charge is 2.31. The Morgan fingerprint density at radius 3 is 0.261 bits per heavy atom. The van der Waals surface area contributed by atoms with Gasteiger partial charge in [0.05, 0.1) is 0 Å². The van der Waals surface area contributed by atoms with Gasteiger partial charge in [0.2, 0.25) is 0 Å². The Hall–Kier alpha value is 1.74. The van der Waals surface area contributed by atoms with Gasteiger partial charge in [0.1, 0.15) is 0 Å². The molecular weight excluding hydrogens is 681 g/mol. The molecule has 0 amide bonds. The highest BCUT2D eigenvalue weighted by molar-refractivity contribution is 7.40. The fraction of sp³-hybridized carbons (Fsp3) is 1.00. The van der Waals surface area contributed by atoms with E-state index < -0.39 is 54.1 Å². The maximum atomic E-state index is 2.47. The molecule has 0 fully saturated rings. The topological polar surface area (TPSA) is 0 Å². The van der Waals surface area contributed by atoms with Crippen LogP contribution in [-0.4, -0.2) is 62.4 Å². The van der Waals surface area contributed by atoms with Crippen LogP contribution in [0, 0.1) is 0 Å². The Morgan fingerprint density at radius 1 is 0.217 bits per heavy atom. The third-order valence-electron chi connectivity index (χ3n) is 6.23. The largest absolute Gasteiger partial charge is 0.0776 e. The quantitative estimate of drug-likeness (QED) is 0.249. The summed E-state index contributed by atoms with van der Waals surface area (Å²) in [6.07, 6.45) is 0. The zero-order valence-corrected chi connectivity index (χ0v) is 37.2. The molecule has 0 aromatic rings. The molecule has 0 aliphatic rings. The van der Waals surface area contributed by atoms with E-state index in [9.17, 15) is 0 Å². The SMILES string of the molecule is C.C.C.C.C.C.C.C.C.C.C.C.C.C[SiH](C)[Si](C)(C)C.C[Si](C)(C)C.C[Si](C)(C)C.C[Si](C)(C)[Si](C)(C)C.C[Si](C)(C)[Si](C)(C)C. The molecule has 46 heavy (non-hydrogen) atoms. The van der Waals surface area contributed by atoms with E-state index in [1.807, 2.05) is 0 Å². The number of hydrogen-bond acceptors (Lipinski definition) is 0. The van der Waals surface area contributed by atoms with Gasteiger partial charge in [-0.1, -0.05) is 260 Å². The molecule has 0 saturated heterocycles. The van der Waals surface area contributed by atoms with Crippen molar-refractivity contribution in [2.75, 3.05) is 0 Å². The fourth-order valence-electron chi connectivity index (χ4n) is 0. The second-order valence-corrected chi connectivity index (χ2v) is 82.2. The van der Waals surface area contributed by atoms with E-state index in [4.69, 9.17) is 0 Å². The van der Waals surface area contributed by atoms with Crippen molar-refractivity contribution < 1.29 is 0 Å². The Bertz CT molecular complexity index is 384. The lowest BCUT2D eigenvalue weighted by Gasteiger charge is -2.30. The van der Waals surface area contributed by atoms with Gasteiger partial charge in [-0.2, -0.15) is 0 Å². The summed E-state index contributed by atoms with van der Waals surface area (Å²) in [4.78, 5) is 0. The zero-order valence-electron chi connectivity index (χ0n) is 29.1. The van der Waals surface area contributed by atoms with Gasteiger partial charge in [0.15, 0.2) is 0 Å². The average Bonchev–Trinajstić information content (AvgIpc) is 2.28. The van der Waals surface area contributed by atoms with E-state index >= 15 is 0 Å². The van der Waals surface area contributed by atoms with Gasteiger partial charge in [-0.3, -0.25) is 0 Å². The zero-order chi connectivity index (χ0) is 29.1. The predicted octanol–water partition coefficient (Wildman–Crippen LogP) is 19.6. The van der Waals surface area contributed by atoms with E-state index in [2.05, 4.69) is 164 Å². The van der Waals surface area contributed by atoms with E-state index in [1.165, 1.54) is 0 Å². The minimum absolute atomic E-state index is 0. The number of rotatable bonds is 3. The van der Waals surface area contributed by atoms with Crippen LogP contribution in [0.15, 0.2) is 0 Å². The second kappa shape index (κ2) is 44.8. The third-order valence-corrected chi connectivity index (χ3v) is 56.1. The molecule has 0 aliphatic carbocycles. The summed E-state index contributed by atoms with van der Waals surface area (Å²) in [5.74, 6) is 0. The van der Waals surface area contributed by atoms with Crippen molar-refractivity contribution in [1.82, 2.24) is 0 Å². The Morgan fingerprint density at radius 2 is 0.261 bits per heavy atom. The summed E-state index contributed by atoms with van der Waals surface area (Å²) >= 11 is 0. The minimum atomic E-state index is -0.720. The molecule has 0 atom stereocenters. The lowest BCUT2D eigenvalue weighted by Crippen LogP contribution is -2.49. The van der Waals surface area contributed by atoms with Crippen molar-refractivity contribution in [2.45, 2.75) is 260 Å². The molecule has 0 heterocycles. The van der Waals surface area contributed by atoms with Crippen molar-refractivity contribution >= 4 is 62.4 Å². The Labute approximate surface area is 320 Å². The van der Waals surface area contributed by atoms with Crippen LogP contribution in [0.4, 0.5) is 0 Å². The first kappa shape index (κ1) is 118. The van der Waals surface area contributed by atoms with Crippen molar-refractivity contribution in [2.24, 2.45) is 0 Å². The molecule has 0 saturated carbocycles. The van der Waals surface area contributed by atoms with E-state index in [1.54, 1.807) is 0 Å². The van der Waals surface area contributed by atoms with Gasteiger partial charge < -0.3 is 0 Å². The number of hydrogen-bond donors (Lipinski definition) is 0. The van der Waals surface area contributed by atoms with Crippen molar-refractivity contribution in [1.29, 1.82) is 0 Å². The molecule has 312 valence electrons. The smallest absolute Gasteiger partial charge is 0.0411 e. The normalized spacial score (nSPS) is 9.52.